The molecule has 0 saturated carbocycles. The molecule has 47 heavy (non-hydrogen) atoms. The predicted molar refractivity (Wildman–Crippen MR) is 173 cm³/mol. The van der Waals surface area contributed by atoms with E-state index in [-0.39, 0.29) is 12.2 Å². The first-order valence-electron chi connectivity index (χ1n) is 15.4. The lowest BCUT2D eigenvalue weighted by atomic mass is 9.82. The monoisotopic (exact) mass is 707 g/mol. The fourth-order valence-corrected chi connectivity index (χ4v) is 7.58. The number of hydrogen-bond acceptors (Lipinski definition) is 13. The highest BCUT2D eigenvalue weighted by atomic mass is 31.2. The second-order valence-corrected chi connectivity index (χ2v) is 16.8. The zero-order valence-electron chi connectivity index (χ0n) is 28.6. The van der Waals surface area contributed by atoms with E-state index in [1.807, 2.05) is 6.92 Å². The van der Waals surface area contributed by atoms with Crippen LogP contribution in [0.4, 0.5) is 10.2 Å². The Hall–Kier alpha value is -2.52. The van der Waals surface area contributed by atoms with E-state index in [1.54, 1.807) is 27.7 Å². The molecule has 2 aromatic heterocycles. The summed E-state index contributed by atoms with van der Waals surface area (Å²) in [6, 6.07) is -1.93. The van der Waals surface area contributed by atoms with Crippen LogP contribution in [0.5, 0.6) is 0 Å². The predicted octanol–water partition coefficient (Wildman–Crippen LogP) is 4.04. The van der Waals surface area contributed by atoms with E-state index in [9.17, 15) is 18.7 Å². The molecular formula is C28H48FN7O9P2. The van der Waals surface area contributed by atoms with Gasteiger partial charge in [0.15, 0.2) is 29.4 Å². The normalized spacial score (nSPS) is 25.3. The van der Waals surface area contributed by atoms with Crippen LogP contribution < -0.4 is 15.5 Å². The van der Waals surface area contributed by atoms with Crippen molar-refractivity contribution in [3.8, 4) is 0 Å². The van der Waals surface area contributed by atoms with Crippen molar-refractivity contribution in [2.24, 2.45) is 5.41 Å². The van der Waals surface area contributed by atoms with Crippen LogP contribution in [0.1, 0.15) is 61.6 Å². The summed E-state index contributed by atoms with van der Waals surface area (Å²) in [5.41, 5.74) is -0.832. The summed E-state index contributed by atoms with van der Waals surface area (Å²) in [7, 11) is -7.36. The molecule has 266 valence electrons. The number of nitrogens with one attached hydrogen (secondary N) is 3. The van der Waals surface area contributed by atoms with Gasteiger partial charge >= 0.3 is 11.9 Å². The summed E-state index contributed by atoms with van der Waals surface area (Å²) in [5.74, 6) is -0.783. The van der Waals surface area contributed by atoms with E-state index in [2.05, 4.69) is 30.4 Å². The number of rotatable bonds is 17. The molecule has 0 aromatic carbocycles. The van der Waals surface area contributed by atoms with Gasteiger partial charge in [-0.1, -0.05) is 6.92 Å². The molecular weight excluding hydrogens is 659 g/mol. The van der Waals surface area contributed by atoms with Crippen LogP contribution in [-0.4, -0.2) is 101 Å². The first kappa shape index (κ1) is 38.9. The van der Waals surface area contributed by atoms with Crippen LogP contribution in [-0.2, 0) is 42.0 Å². The van der Waals surface area contributed by atoms with E-state index in [0.29, 0.717) is 23.5 Å². The Kier molecular flexibility index (Phi) is 13.1. The van der Waals surface area contributed by atoms with Crippen LogP contribution >= 0.6 is 15.0 Å². The molecule has 3 heterocycles. The number of anilines is 1. The van der Waals surface area contributed by atoms with Gasteiger partial charge < -0.3 is 28.6 Å². The number of fused-ring (bicyclic) bond motifs is 1. The second-order valence-electron chi connectivity index (χ2n) is 12.4. The Morgan fingerprint density at radius 3 is 2.06 bits per heavy atom. The molecule has 0 bridgehead atoms. The van der Waals surface area contributed by atoms with Crippen molar-refractivity contribution >= 4 is 44.0 Å². The van der Waals surface area contributed by atoms with Gasteiger partial charge in [-0.25, -0.2) is 29.5 Å². The van der Waals surface area contributed by atoms with Crippen molar-refractivity contribution in [2.75, 3.05) is 38.4 Å². The van der Waals surface area contributed by atoms with Crippen LogP contribution in [0.15, 0.2) is 12.7 Å². The minimum Gasteiger partial charge on any atom is -0.462 e. The Balaban J connectivity index is 1.87. The van der Waals surface area contributed by atoms with Gasteiger partial charge in [0.25, 0.3) is 15.0 Å². The van der Waals surface area contributed by atoms with Crippen LogP contribution in [0.25, 0.3) is 11.2 Å². The fourth-order valence-electron chi connectivity index (χ4n) is 4.86. The Bertz CT molecular complexity index is 1500. The molecule has 0 amide bonds. The maximum atomic E-state index is 16.7. The van der Waals surface area contributed by atoms with Crippen molar-refractivity contribution in [3.63, 3.8) is 0 Å². The van der Waals surface area contributed by atoms with Gasteiger partial charge in [-0.05, 0) is 48.5 Å². The first-order valence-corrected chi connectivity index (χ1v) is 19.6. The topological polar surface area (TPSA) is 194 Å². The minimum absolute atomic E-state index is 0.300. The molecule has 3 rings (SSSR count). The standard InChI is InChI=1S/C28H48FN7O9P2/c1-11-30-23-21-24(32-14-31-23)36(15-33-21)25-22(29)28(8,13-42-47(10,40)35-19(7)27(38)44-17(4)5)20(45-25)12-41-46(9,39)34-18(6)26(37)43-16(2)3/h14-20,22,25H,11-13H2,1-10H3,(H,34,39)(H,35,40)(H,30,31,32)/t18-,19-,20+,22-,25+,28?,46?,47?/m0/s1. The van der Waals surface area contributed by atoms with Gasteiger partial charge in [0, 0.05) is 19.9 Å². The Morgan fingerprint density at radius 2 is 1.53 bits per heavy atom. The molecule has 1 saturated heterocycles. The lowest BCUT2D eigenvalue weighted by Gasteiger charge is -2.33. The van der Waals surface area contributed by atoms with E-state index in [0.717, 1.165) is 0 Å². The van der Waals surface area contributed by atoms with Gasteiger partial charge in [0.2, 0.25) is 0 Å². The van der Waals surface area contributed by atoms with E-state index >= 15 is 4.39 Å². The summed E-state index contributed by atoms with van der Waals surface area (Å²) in [5, 5.41) is 8.38. The zero-order chi connectivity index (χ0) is 35.3. The number of esters is 2. The van der Waals surface area contributed by atoms with Gasteiger partial charge in [-0.15, -0.1) is 0 Å². The Morgan fingerprint density at radius 1 is 0.979 bits per heavy atom. The minimum atomic E-state index is -3.70. The number of aromatic nitrogens is 4. The number of carbonyl (C=O) groups is 2. The van der Waals surface area contributed by atoms with Crippen molar-refractivity contribution in [2.45, 2.75) is 98.2 Å². The molecule has 16 nitrogen and oxygen atoms in total. The highest BCUT2D eigenvalue weighted by Crippen LogP contribution is 2.51. The third-order valence-electron chi connectivity index (χ3n) is 7.26. The third kappa shape index (κ3) is 10.0. The SMILES string of the molecule is CCNc1ncnc2c1ncn2[C@@H]1O[C@H](COP(C)(=O)N[C@@H](C)C(=O)OC(C)C)C(C)(COP(C)(=O)N[C@@H](C)C(=O)OC(C)C)[C@H]1F. The lowest BCUT2D eigenvalue weighted by Crippen LogP contribution is -2.43. The number of ether oxygens (including phenoxy) is 3. The maximum absolute atomic E-state index is 16.7. The average molecular weight is 708 g/mol. The molecule has 8 atom stereocenters. The molecule has 3 unspecified atom stereocenters. The third-order valence-corrected chi connectivity index (χ3v) is 10.2. The van der Waals surface area contributed by atoms with Gasteiger partial charge in [0.05, 0.1) is 43.3 Å². The molecule has 3 N–H and O–H groups in total. The molecule has 0 spiro atoms. The van der Waals surface area contributed by atoms with Crippen LogP contribution in [0.3, 0.4) is 0 Å². The molecule has 1 aliphatic rings. The second kappa shape index (κ2) is 15.8. The summed E-state index contributed by atoms with van der Waals surface area (Å²) in [6.45, 7) is 15.4. The number of imidazole rings is 1. The first-order chi connectivity index (χ1) is 21.8. The smallest absolute Gasteiger partial charge is 0.323 e. The Labute approximate surface area is 274 Å². The lowest BCUT2D eigenvalue weighted by molar-refractivity contribution is -0.149. The number of alkyl halides is 1. The molecule has 2 aromatic rings. The number of hydrogen-bond donors (Lipinski definition) is 3. The molecule has 1 fully saturated rings. The molecule has 0 radical (unpaired) electrons. The van der Waals surface area contributed by atoms with Crippen LogP contribution in [0, 0.1) is 5.41 Å². The van der Waals surface area contributed by atoms with Gasteiger partial charge in [0.1, 0.15) is 18.4 Å². The number of carbonyl (C=O) groups excluding carboxylic acids is 2. The van der Waals surface area contributed by atoms with Crippen LogP contribution in [0.2, 0.25) is 0 Å². The molecule has 19 heteroatoms. The quantitative estimate of drug-likeness (QED) is 0.157. The van der Waals surface area contributed by atoms with Crippen molar-refractivity contribution in [3.05, 3.63) is 12.7 Å². The highest BCUT2D eigenvalue weighted by Gasteiger charge is 2.56. The van der Waals surface area contributed by atoms with Crippen molar-refractivity contribution in [1.82, 2.24) is 29.7 Å². The average Bonchev–Trinajstić information content (AvgIpc) is 3.49. The zero-order valence-corrected chi connectivity index (χ0v) is 30.3. The summed E-state index contributed by atoms with van der Waals surface area (Å²) in [4.78, 5) is 37.5. The highest BCUT2D eigenvalue weighted by molar-refractivity contribution is 7.56. The van der Waals surface area contributed by atoms with E-state index in [4.69, 9.17) is 23.3 Å². The van der Waals surface area contributed by atoms with Crippen molar-refractivity contribution < 1.29 is 46.4 Å². The summed E-state index contributed by atoms with van der Waals surface area (Å²) < 4.78 is 72.9. The fraction of sp³-hybridized carbons (Fsp3) is 0.750. The largest absolute Gasteiger partial charge is 0.462 e. The van der Waals surface area contributed by atoms with Crippen molar-refractivity contribution in [1.29, 1.82) is 0 Å². The number of halogens is 1. The van der Waals surface area contributed by atoms with Gasteiger partial charge in [-0.3, -0.25) is 23.3 Å². The molecule has 0 aliphatic carbocycles. The molecule has 1 aliphatic heterocycles. The van der Waals surface area contributed by atoms with Gasteiger partial charge in [-0.2, -0.15) is 0 Å². The number of nitrogens with zero attached hydrogens (tertiary/aromatic N) is 4. The van der Waals surface area contributed by atoms with E-state index < -0.39 is 76.2 Å². The summed E-state index contributed by atoms with van der Waals surface area (Å²) >= 11 is 0. The maximum Gasteiger partial charge on any atom is 0.323 e. The summed E-state index contributed by atoms with van der Waals surface area (Å²) in [6.07, 6.45) is -2.26. The van der Waals surface area contributed by atoms with E-state index in [1.165, 1.54) is 51.3 Å².